The van der Waals surface area contributed by atoms with Crippen LogP contribution in [-0.4, -0.2) is 24.0 Å². The fourth-order valence-electron chi connectivity index (χ4n) is 2.10. The zero-order valence-electron chi connectivity index (χ0n) is 12.2. The van der Waals surface area contributed by atoms with Gasteiger partial charge in [-0.1, -0.05) is 11.6 Å². The first-order valence-electron chi connectivity index (χ1n) is 6.81. The van der Waals surface area contributed by atoms with Crippen LogP contribution < -0.4 is 5.32 Å². The molecule has 0 heterocycles. The quantitative estimate of drug-likeness (QED) is 0.659. The number of nitrogens with one attached hydrogen (secondary N) is 1. The molecule has 0 bridgehead atoms. The smallest absolute Gasteiger partial charge is 0.340 e. The number of hydrogen-bond acceptors (Lipinski definition) is 4. The predicted molar refractivity (Wildman–Crippen MR) is 76.5 cm³/mol. The normalized spacial score (nSPS) is 16.1. The molecular weight excluding hydrogens is 330 g/mol. The summed E-state index contributed by atoms with van der Waals surface area (Å²) in [4.78, 5) is 23.6. The van der Waals surface area contributed by atoms with Crippen LogP contribution in [0.1, 0.15) is 30.1 Å². The average molecular weight is 343 g/mol. The zero-order chi connectivity index (χ0) is 17.2. The highest BCUT2D eigenvalue weighted by atomic mass is 35.5. The number of amides is 1. The van der Waals surface area contributed by atoms with E-state index in [1.165, 1.54) is 0 Å². The van der Waals surface area contributed by atoms with E-state index in [4.69, 9.17) is 21.6 Å². The largest absolute Gasteiger partial charge is 0.452 e. The van der Waals surface area contributed by atoms with Crippen molar-refractivity contribution >= 4 is 23.5 Å². The van der Waals surface area contributed by atoms with E-state index in [-0.39, 0.29) is 16.5 Å². The third kappa shape index (κ3) is 3.96. The second-order valence-corrected chi connectivity index (χ2v) is 5.87. The summed E-state index contributed by atoms with van der Waals surface area (Å²) >= 11 is 5.64. The van der Waals surface area contributed by atoms with E-state index in [1.807, 2.05) is 6.07 Å². The van der Waals surface area contributed by atoms with Crippen LogP contribution in [0.25, 0.3) is 0 Å². The number of benzene rings is 1. The van der Waals surface area contributed by atoms with Gasteiger partial charge in [-0.3, -0.25) is 4.79 Å². The van der Waals surface area contributed by atoms with Gasteiger partial charge in [0.15, 0.2) is 18.2 Å². The van der Waals surface area contributed by atoms with Crippen LogP contribution in [0.5, 0.6) is 0 Å². The van der Waals surface area contributed by atoms with Crippen molar-refractivity contribution < 1.29 is 23.1 Å². The molecule has 0 aliphatic heterocycles. The number of hydrogen-bond donors (Lipinski definition) is 1. The van der Waals surface area contributed by atoms with Gasteiger partial charge in [0.05, 0.1) is 16.7 Å². The molecule has 0 radical (unpaired) electrons. The van der Waals surface area contributed by atoms with Crippen LogP contribution in [-0.2, 0) is 9.53 Å². The van der Waals surface area contributed by atoms with Gasteiger partial charge in [-0.2, -0.15) is 5.26 Å². The molecule has 0 saturated heterocycles. The number of nitrogens with zero attached hydrogens (tertiary/aromatic N) is 1. The molecule has 0 spiro atoms. The van der Waals surface area contributed by atoms with Gasteiger partial charge in [-0.15, -0.1) is 0 Å². The number of halogens is 3. The Morgan fingerprint density at radius 3 is 2.61 bits per heavy atom. The van der Waals surface area contributed by atoms with Crippen LogP contribution in [0.2, 0.25) is 5.02 Å². The molecule has 1 amide bonds. The van der Waals surface area contributed by atoms with Gasteiger partial charge in [-0.05, 0) is 37.8 Å². The van der Waals surface area contributed by atoms with Gasteiger partial charge in [0.25, 0.3) is 5.91 Å². The van der Waals surface area contributed by atoms with Crippen molar-refractivity contribution in [1.82, 2.24) is 5.32 Å². The van der Waals surface area contributed by atoms with Crippen molar-refractivity contribution in [2.45, 2.75) is 25.3 Å². The molecule has 1 aliphatic rings. The van der Waals surface area contributed by atoms with Gasteiger partial charge in [0, 0.05) is 0 Å². The summed E-state index contributed by atoms with van der Waals surface area (Å²) in [6.07, 6.45) is 1.68. The molecule has 1 aromatic rings. The molecule has 8 heteroatoms. The highest BCUT2D eigenvalue weighted by molar-refractivity contribution is 6.33. The van der Waals surface area contributed by atoms with Crippen molar-refractivity contribution in [1.29, 1.82) is 5.26 Å². The number of ether oxygens (including phenoxy) is 1. The molecule has 1 aliphatic carbocycles. The van der Waals surface area contributed by atoms with Crippen LogP contribution in [0.3, 0.4) is 0 Å². The first-order chi connectivity index (χ1) is 10.8. The van der Waals surface area contributed by atoms with Crippen molar-refractivity contribution in [3.05, 3.63) is 34.4 Å². The Balaban J connectivity index is 1.95. The summed E-state index contributed by atoms with van der Waals surface area (Å²) in [5, 5.41) is 11.3. The maximum Gasteiger partial charge on any atom is 0.340 e. The minimum absolute atomic E-state index is 0.0767. The van der Waals surface area contributed by atoms with Crippen molar-refractivity contribution in [2.24, 2.45) is 5.92 Å². The second kappa shape index (κ2) is 6.50. The molecule has 1 aromatic carbocycles. The lowest BCUT2D eigenvalue weighted by atomic mass is 9.98. The molecular formula is C15H13ClF2N2O3. The van der Waals surface area contributed by atoms with Crippen LogP contribution in [0.4, 0.5) is 8.78 Å². The van der Waals surface area contributed by atoms with E-state index in [1.54, 1.807) is 6.92 Å². The van der Waals surface area contributed by atoms with Gasteiger partial charge < -0.3 is 10.1 Å². The molecule has 2 rings (SSSR count). The summed E-state index contributed by atoms with van der Waals surface area (Å²) in [7, 11) is 0. The van der Waals surface area contributed by atoms with E-state index in [0.29, 0.717) is 12.1 Å². The molecule has 1 saturated carbocycles. The Morgan fingerprint density at radius 1 is 1.43 bits per heavy atom. The first kappa shape index (κ1) is 17.2. The first-order valence-corrected chi connectivity index (χ1v) is 7.18. The Labute approximate surface area is 136 Å². The highest BCUT2D eigenvalue weighted by Crippen LogP contribution is 2.39. The number of rotatable bonds is 5. The van der Waals surface area contributed by atoms with Gasteiger partial charge >= 0.3 is 5.97 Å². The van der Waals surface area contributed by atoms with Crippen molar-refractivity contribution in [2.75, 3.05) is 6.61 Å². The molecule has 1 atom stereocenters. The minimum atomic E-state index is -1.25. The Hall–Kier alpha value is -2.20. The van der Waals surface area contributed by atoms with E-state index in [9.17, 15) is 18.4 Å². The standard InChI is InChI=1S/C15H13ClF2N2O3/c1-15(7-19,8-2-3-8)20-13(21)6-23-14(22)9-4-11(17)12(18)5-10(9)16/h4-5,8H,2-3,6H2,1H3,(H,20,21)/t15-/m0/s1. The topological polar surface area (TPSA) is 79.2 Å². The van der Waals surface area contributed by atoms with Gasteiger partial charge in [0.2, 0.25) is 0 Å². The number of nitriles is 1. The Kier molecular flexibility index (Phi) is 4.85. The van der Waals surface area contributed by atoms with Gasteiger partial charge in [-0.25, -0.2) is 13.6 Å². The summed E-state index contributed by atoms with van der Waals surface area (Å²) in [6.45, 7) is 0.939. The Morgan fingerprint density at radius 2 is 2.04 bits per heavy atom. The third-order valence-corrected chi connectivity index (χ3v) is 3.90. The zero-order valence-corrected chi connectivity index (χ0v) is 12.9. The lowest BCUT2D eigenvalue weighted by molar-refractivity contribution is -0.125. The maximum atomic E-state index is 13.1. The SMILES string of the molecule is C[C@@](C#N)(NC(=O)COC(=O)c1cc(F)c(F)cc1Cl)C1CC1. The molecule has 122 valence electrons. The number of carbonyl (C=O) groups is 2. The van der Waals surface area contributed by atoms with E-state index in [2.05, 4.69) is 5.32 Å². The minimum Gasteiger partial charge on any atom is -0.452 e. The van der Waals surface area contributed by atoms with E-state index >= 15 is 0 Å². The summed E-state index contributed by atoms with van der Waals surface area (Å²) in [5.41, 5.74) is -1.40. The van der Waals surface area contributed by atoms with E-state index < -0.39 is 35.7 Å². The Bertz CT molecular complexity index is 701. The lowest BCUT2D eigenvalue weighted by Gasteiger charge is -2.22. The van der Waals surface area contributed by atoms with Gasteiger partial charge in [0.1, 0.15) is 5.54 Å². The maximum absolute atomic E-state index is 13.1. The van der Waals surface area contributed by atoms with Crippen LogP contribution >= 0.6 is 11.6 Å². The van der Waals surface area contributed by atoms with Crippen molar-refractivity contribution in [3.63, 3.8) is 0 Å². The highest BCUT2D eigenvalue weighted by Gasteiger charge is 2.43. The summed E-state index contributed by atoms with van der Waals surface area (Å²) in [5.74, 6) is -4.09. The molecule has 5 nitrogen and oxygen atoms in total. The van der Waals surface area contributed by atoms with Crippen molar-refractivity contribution in [3.8, 4) is 6.07 Å². The molecule has 23 heavy (non-hydrogen) atoms. The fourth-order valence-corrected chi connectivity index (χ4v) is 2.32. The molecule has 1 fully saturated rings. The fraction of sp³-hybridized carbons (Fsp3) is 0.400. The summed E-state index contributed by atoms with van der Waals surface area (Å²) in [6, 6.07) is 3.27. The van der Waals surface area contributed by atoms with Crippen LogP contribution in [0.15, 0.2) is 12.1 Å². The molecule has 1 N–H and O–H groups in total. The van der Waals surface area contributed by atoms with Crippen LogP contribution in [0, 0.1) is 28.9 Å². The van der Waals surface area contributed by atoms with E-state index in [0.717, 1.165) is 12.8 Å². The molecule has 0 unspecified atom stereocenters. The summed E-state index contributed by atoms with van der Waals surface area (Å²) < 4.78 is 30.8. The monoisotopic (exact) mass is 342 g/mol. The lowest BCUT2D eigenvalue weighted by Crippen LogP contribution is -2.48. The molecule has 0 aromatic heterocycles. The predicted octanol–water partition coefficient (Wildman–Crippen LogP) is 2.58. The average Bonchev–Trinajstić information content (AvgIpc) is 3.33. The number of carbonyl (C=O) groups excluding carboxylic acids is 2. The third-order valence-electron chi connectivity index (χ3n) is 3.59. The second-order valence-electron chi connectivity index (χ2n) is 5.46. The number of esters is 1.